The van der Waals surface area contributed by atoms with Crippen molar-refractivity contribution < 1.29 is 4.74 Å². The quantitative estimate of drug-likeness (QED) is 0.754. The number of benzene rings is 1. The average Bonchev–Trinajstić information content (AvgIpc) is 2.84. The van der Waals surface area contributed by atoms with Crippen molar-refractivity contribution in [2.24, 2.45) is 0 Å². The van der Waals surface area contributed by atoms with Gasteiger partial charge in [0.25, 0.3) is 5.56 Å². The minimum absolute atomic E-state index is 0.266. The number of nitrogens with zero attached hydrogens (tertiary/aromatic N) is 3. The summed E-state index contributed by atoms with van der Waals surface area (Å²) in [7, 11) is 1.61. The second kappa shape index (κ2) is 4.19. The molecule has 6 nitrogen and oxygen atoms in total. The molecule has 0 saturated carbocycles. The fourth-order valence-corrected chi connectivity index (χ4v) is 2.36. The van der Waals surface area contributed by atoms with E-state index < -0.39 is 0 Å². The maximum absolute atomic E-state index is 11.5. The lowest BCUT2D eigenvalue weighted by molar-refractivity contribution is 0.415. The van der Waals surface area contributed by atoms with E-state index in [1.54, 1.807) is 7.11 Å². The highest BCUT2D eigenvalue weighted by Gasteiger charge is 2.12. The molecule has 0 aliphatic carbocycles. The minimum atomic E-state index is -0.266. The number of ether oxygens (including phenoxy) is 1. The molecule has 0 atom stereocenters. The highest BCUT2D eigenvalue weighted by atomic mass is 32.1. The Morgan fingerprint density at radius 2 is 2.06 bits per heavy atom. The van der Waals surface area contributed by atoms with Crippen LogP contribution in [0.3, 0.4) is 0 Å². The average molecular weight is 260 g/mol. The molecule has 0 unspecified atom stereocenters. The van der Waals surface area contributed by atoms with E-state index in [9.17, 15) is 4.79 Å². The lowest BCUT2D eigenvalue weighted by atomic mass is 10.1. The fraction of sp³-hybridized carbons (Fsp3) is 0.0909. The van der Waals surface area contributed by atoms with Crippen molar-refractivity contribution in [3.05, 3.63) is 34.6 Å². The van der Waals surface area contributed by atoms with E-state index in [1.165, 1.54) is 0 Å². The van der Waals surface area contributed by atoms with Crippen LogP contribution in [0.15, 0.2) is 29.1 Å². The third-order valence-electron chi connectivity index (χ3n) is 2.54. The monoisotopic (exact) mass is 260 g/mol. The number of hydrogen-bond donors (Lipinski definition) is 1. The molecule has 2 heterocycles. The molecule has 0 bridgehead atoms. The Balaban J connectivity index is 2.19. The zero-order valence-corrected chi connectivity index (χ0v) is 10.2. The van der Waals surface area contributed by atoms with Gasteiger partial charge in [0, 0.05) is 5.56 Å². The topological polar surface area (TPSA) is 80.8 Å². The number of aromatic amines is 1. The van der Waals surface area contributed by atoms with Crippen LogP contribution in [0.2, 0.25) is 0 Å². The summed E-state index contributed by atoms with van der Waals surface area (Å²) in [5.41, 5.74) is 1.80. The van der Waals surface area contributed by atoms with Crippen LogP contribution in [0, 0.1) is 0 Å². The first-order valence-electron chi connectivity index (χ1n) is 5.15. The van der Waals surface area contributed by atoms with Crippen molar-refractivity contribution in [1.29, 1.82) is 0 Å². The van der Waals surface area contributed by atoms with Crippen molar-refractivity contribution in [2.75, 3.05) is 7.11 Å². The molecular weight excluding hydrogens is 252 g/mol. The highest BCUT2D eigenvalue weighted by molar-refractivity contribution is 7.13. The van der Waals surface area contributed by atoms with Crippen molar-refractivity contribution in [2.45, 2.75) is 0 Å². The van der Waals surface area contributed by atoms with Crippen LogP contribution in [-0.2, 0) is 0 Å². The van der Waals surface area contributed by atoms with Gasteiger partial charge in [0.05, 0.1) is 7.11 Å². The third kappa shape index (κ3) is 1.65. The smallest absolute Gasteiger partial charge is 0.286 e. The number of aromatic nitrogens is 4. The molecule has 3 rings (SSSR count). The SMILES string of the molecule is COc1ccc(-c2nsc3c(=O)[nH]nnc23)cc1. The van der Waals surface area contributed by atoms with E-state index in [4.69, 9.17) is 4.74 Å². The number of hydrogen-bond acceptors (Lipinski definition) is 6. The van der Waals surface area contributed by atoms with Crippen molar-refractivity contribution in [3.8, 4) is 17.0 Å². The molecule has 0 aliphatic rings. The summed E-state index contributed by atoms with van der Waals surface area (Å²) in [6.45, 7) is 0. The molecule has 0 fully saturated rings. The van der Waals surface area contributed by atoms with Crippen LogP contribution >= 0.6 is 11.5 Å². The number of H-pyrrole nitrogens is 1. The highest BCUT2D eigenvalue weighted by Crippen LogP contribution is 2.27. The van der Waals surface area contributed by atoms with Gasteiger partial charge in [-0.25, -0.2) is 5.10 Å². The molecule has 0 aliphatic heterocycles. The molecule has 1 N–H and O–H groups in total. The Labute approximate surface area is 105 Å². The first-order chi connectivity index (χ1) is 8.79. The minimum Gasteiger partial charge on any atom is -0.497 e. The molecule has 1 aromatic carbocycles. The van der Waals surface area contributed by atoms with Crippen molar-refractivity contribution >= 4 is 21.7 Å². The molecule has 90 valence electrons. The Morgan fingerprint density at radius 1 is 1.28 bits per heavy atom. The molecule has 0 radical (unpaired) electrons. The number of nitrogens with one attached hydrogen (secondary N) is 1. The van der Waals surface area contributed by atoms with E-state index in [0.717, 1.165) is 22.8 Å². The van der Waals surface area contributed by atoms with Crippen LogP contribution in [0.25, 0.3) is 21.5 Å². The van der Waals surface area contributed by atoms with Gasteiger partial charge in [0.15, 0.2) is 0 Å². The van der Waals surface area contributed by atoms with Gasteiger partial charge in [-0.05, 0) is 35.8 Å². The third-order valence-corrected chi connectivity index (χ3v) is 3.37. The second-order valence-electron chi connectivity index (χ2n) is 3.58. The predicted octanol–water partition coefficient (Wildman–Crippen LogP) is 1.45. The molecular formula is C11H8N4O2S. The van der Waals surface area contributed by atoms with Gasteiger partial charge in [-0.15, -0.1) is 5.10 Å². The summed E-state index contributed by atoms with van der Waals surface area (Å²) < 4.78 is 9.83. The Kier molecular flexibility index (Phi) is 2.52. The van der Waals surface area contributed by atoms with E-state index in [0.29, 0.717) is 15.9 Å². The van der Waals surface area contributed by atoms with Gasteiger partial charge in [-0.2, -0.15) is 4.37 Å². The number of methoxy groups -OCH3 is 1. The summed E-state index contributed by atoms with van der Waals surface area (Å²) in [4.78, 5) is 11.5. The van der Waals surface area contributed by atoms with Crippen molar-refractivity contribution in [3.63, 3.8) is 0 Å². The van der Waals surface area contributed by atoms with Gasteiger partial charge < -0.3 is 4.74 Å². The van der Waals surface area contributed by atoms with E-state index in [2.05, 4.69) is 19.8 Å². The molecule has 0 spiro atoms. The van der Waals surface area contributed by atoms with E-state index >= 15 is 0 Å². The van der Waals surface area contributed by atoms with Crippen LogP contribution in [-0.4, -0.2) is 26.9 Å². The summed E-state index contributed by atoms with van der Waals surface area (Å²) in [6, 6.07) is 7.41. The largest absolute Gasteiger partial charge is 0.497 e. The first kappa shape index (κ1) is 10.8. The zero-order valence-electron chi connectivity index (χ0n) is 9.38. The second-order valence-corrected chi connectivity index (χ2v) is 4.35. The maximum atomic E-state index is 11.5. The fourth-order valence-electron chi connectivity index (χ4n) is 1.64. The first-order valence-corrected chi connectivity index (χ1v) is 5.92. The van der Waals surface area contributed by atoms with Gasteiger partial charge in [0.2, 0.25) is 0 Å². The Hall–Kier alpha value is -2.28. The van der Waals surface area contributed by atoms with Crippen molar-refractivity contribution in [1.82, 2.24) is 19.8 Å². The Morgan fingerprint density at radius 3 is 2.78 bits per heavy atom. The molecule has 0 amide bonds. The van der Waals surface area contributed by atoms with E-state index in [-0.39, 0.29) is 5.56 Å². The van der Waals surface area contributed by atoms with Gasteiger partial charge >= 0.3 is 0 Å². The summed E-state index contributed by atoms with van der Waals surface area (Å²) in [5, 5.41) is 9.78. The zero-order chi connectivity index (χ0) is 12.5. The van der Waals surface area contributed by atoms with Gasteiger partial charge in [-0.1, -0.05) is 5.21 Å². The van der Waals surface area contributed by atoms with Crippen LogP contribution in [0.4, 0.5) is 0 Å². The predicted molar refractivity (Wildman–Crippen MR) is 67.8 cm³/mol. The molecule has 18 heavy (non-hydrogen) atoms. The molecule has 2 aromatic heterocycles. The normalized spacial score (nSPS) is 10.7. The van der Waals surface area contributed by atoms with E-state index in [1.807, 2.05) is 24.3 Å². The van der Waals surface area contributed by atoms with Crippen LogP contribution in [0.5, 0.6) is 5.75 Å². The molecule has 0 saturated heterocycles. The number of rotatable bonds is 2. The standard InChI is InChI=1S/C11H8N4O2S/c1-17-7-4-2-6(3-5-7)8-9-10(18-14-8)11(16)13-15-12-9/h2-5H,1H3,(H,12,13,16). The lowest BCUT2D eigenvalue weighted by Gasteiger charge is -2.00. The summed E-state index contributed by atoms with van der Waals surface area (Å²) in [5.74, 6) is 0.766. The summed E-state index contributed by atoms with van der Waals surface area (Å²) in [6.07, 6.45) is 0. The van der Waals surface area contributed by atoms with Gasteiger partial charge in [0.1, 0.15) is 21.7 Å². The Bertz CT molecular complexity index is 748. The van der Waals surface area contributed by atoms with Crippen LogP contribution < -0.4 is 10.3 Å². The molecule has 7 heteroatoms. The summed E-state index contributed by atoms with van der Waals surface area (Å²) >= 11 is 1.12. The molecule has 3 aromatic rings. The lowest BCUT2D eigenvalue weighted by Crippen LogP contribution is -2.07. The van der Waals surface area contributed by atoms with Gasteiger partial charge in [-0.3, -0.25) is 4.79 Å². The number of fused-ring (bicyclic) bond motifs is 1. The van der Waals surface area contributed by atoms with Crippen LogP contribution in [0.1, 0.15) is 0 Å². The maximum Gasteiger partial charge on any atom is 0.286 e.